The Kier molecular flexibility index (Phi) is 2.78. The molecule has 3 nitrogen and oxygen atoms in total. The summed E-state index contributed by atoms with van der Waals surface area (Å²) in [6.45, 7) is -2.54. The van der Waals surface area contributed by atoms with Gasteiger partial charge in [0.2, 0.25) is 5.91 Å². The largest absolute Gasteiger partial charge is 0.508 e. The fraction of sp³-hybridized carbons (Fsp3) is 0.300. The first-order chi connectivity index (χ1) is 8.20. The second-order valence-electron chi connectivity index (χ2n) is 2.48. The van der Waals surface area contributed by atoms with Crippen LogP contribution >= 0.6 is 22.6 Å². The van der Waals surface area contributed by atoms with Crippen molar-refractivity contribution in [2.45, 2.75) is 6.37 Å². The van der Waals surface area contributed by atoms with Gasteiger partial charge in [0.15, 0.2) is 0 Å². The van der Waals surface area contributed by atoms with Crippen LogP contribution in [0.1, 0.15) is 11.0 Å². The smallest absolute Gasteiger partial charge is 0.229 e. The molecule has 1 amide bonds. The van der Waals surface area contributed by atoms with Crippen molar-refractivity contribution in [3.05, 3.63) is 29.8 Å². The molecule has 0 bridgehead atoms. The van der Waals surface area contributed by atoms with E-state index in [4.69, 9.17) is 10.6 Å². The average Bonchev–Trinajstić information content (AvgIpc) is 2.28. The first kappa shape index (κ1) is 6.66. The topological polar surface area (TPSA) is 49.3 Å². The van der Waals surface area contributed by atoms with E-state index >= 15 is 0 Å². The van der Waals surface area contributed by atoms with E-state index in [9.17, 15) is 4.79 Å². The van der Waals surface area contributed by atoms with Crippen LogP contribution in [0.15, 0.2) is 24.3 Å². The van der Waals surface area contributed by atoms with E-state index < -0.39 is 18.8 Å². The summed E-state index contributed by atoms with van der Waals surface area (Å²) in [6.07, 6.45) is -2.40. The predicted octanol–water partition coefficient (Wildman–Crippen LogP) is 1.49. The highest BCUT2D eigenvalue weighted by Crippen LogP contribution is 2.09. The lowest BCUT2D eigenvalue weighted by molar-refractivity contribution is -0.118. The Morgan fingerprint density at radius 2 is 2.14 bits per heavy atom. The van der Waals surface area contributed by atoms with Gasteiger partial charge in [0.25, 0.3) is 0 Å². The van der Waals surface area contributed by atoms with Gasteiger partial charge < -0.3 is 10.4 Å². The number of halogens is 1. The Morgan fingerprint density at radius 1 is 1.50 bits per heavy atom. The molecule has 0 aliphatic carbocycles. The first-order valence-electron chi connectivity index (χ1n) is 5.87. The van der Waals surface area contributed by atoms with Crippen molar-refractivity contribution in [3.8, 4) is 5.75 Å². The van der Waals surface area contributed by atoms with Crippen molar-refractivity contribution < 1.29 is 15.4 Å². The van der Waals surface area contributed by atoms with Crippen LogP contribution in [-0.4, -0.2) is 21.9 Å². The van der Waals surface area contributed by atoms with E-state index in [2.05, 4.69) is 0 Å². The maximum absolute atomic E-state index is 11.2. The highest BCUT2D eigenvalue weighted by molar-refractivity contribution is 14.1. The van der Waals surface area contributed by atoms with Crippen LogP contribution in [-0.2, 0) is 11.2 Å². The zero-order valence-electron chi connectivity index (χ0n) is 11.2. The van der Waals surface area contributed by atoms with Crippen LogP contribution in [0.5, 0.6) is 5.75 Å². The third-order valence-corrected chi connectivity index (χ3v) is 2.09. The zero-order valence-corrected chi connectivity index (χ0v) is 9.41. The van der Waals surface area contributed by atoms with Crippen molar-refractivity contribution in [1.29, 1.82) is 0 Å². The van der Waals surface area contributed by atoms with Gasteiger partial charge in [-0.05, 0) is 24.1 Å². The SMILES string of the molecule is [2H]C([2H])(NC(=O)CI)C([2H])([2H])c1ccc(O)cc1. The average molecular weight is 309 g/mol. The molecule has 76 valence electrons. The number of carbonyl (C=O) groups is 1. The molecule has 0 saturated heterocycles. The van der Waals surface area contributed by atoms with Crippen molar-refractivity contribution in [1.82, 2.24) is 5.32 Å². The number of hydrogen-bond acceptors (Lipinski definition) is 2. The quantitative estimate of drug-likeness (QED) is 0.654. The van der Waals surface area contributed by atoms with E-state index in [-0.39, 0.29) is 15.7 Å². The molecular formula is C10H12INO2. The summed E-state index contributed by atoms with van der Waals surface area (Å²) < 4.78 is 30.9. The van der Waals surface area contributed by atoms with E-state index in [0.29, 0.717) is 0 Å². The molecular weight excluding hydrogens is 293 g/mol. The molecule has 0 unspecified atom stereocenters. The number of amides is 1. The summed E-state index contributed by atoms with van der Waals surface area (Å²) in [4.78, 5) is 11.2. The van der Waals surface area contributed by atoms with E-state index in [1.807, 2.05) is 5.32 Å². The fourth-order valence-corrected chi connectivity index (χ4v) is 0.942. The number of hydrogen-bond donors (Lipinski definition) is 2. The molecule has 2 N–H and O–H groups in total. The van der Waals surface area contributed by atoms with Gasteiger partial charge in [-0.1, -0.05) is 34.7 Å². The van der Waals surface area contributed by atoms with Gasteiger partial charge in [0, 0.05) is 12.0 Å². The number of phenolic OH excluding ortho intramolecular Hbond substituents is 1. The van der Waals surface area contributed by atoms with E-state index in [1.165, 1.54) is 24.3 Å². The molecule has 1 rings (SSSR count). The van der Waals surface area contributed by atoms with E-state index in [1.54, 1.807) is 22.6 Å². The minimum Gasteiger partial charge on any atom is -0.508 e. The molecule has 0 spiro atoms. The highest BCUT2D eigenvalue weighted by Gasteiger charge is 1.97. The Morgan fingerprint density at radius 3 is 2.71 bits per heavy atom. The summed E-state index contributed by atoms with van der Waals surface area (Å²) in [5.41, 5.74) is 0.0408. The Labute approximate surface area is 102 Å². The summed E-state index contributed by atoms with van der Waals surface area (Å²) in [5.74, 6) is -0.616. The lowest BCUT2D eigenvalue weighted by atomic mass is 10.1. The molecule has 0 heterocycles. The van der Waals surface area contributed by atoms with Crippen LogP contribution < -0.4 is 5.32 Å². The number of alkyl halides is 1. The molecule has 0 radical (unpaired) electrons. The minimum absolute atomic E-state index is 0.0357. The van der Waals surface area contributed by atoms with Crippen LogP contribution in [0, 0.1) is 0 Å². The van der Waals surface area contributed by atoms with Crippen molar-refractivity contribution in [2.75, 3.05) is 10.9 Å². The molecule has 0 fully saturated rings. The Hall–Kier alpha value is -0.780. The van der Waals surface area contributed by atoms with E-state index in [0.717, 1.165) is 0 Å². The maximum Gasteiger partial charge on any atom is 0.229 e. The summed E-state index contributed by atoms with van der Waals surface area (Å²) in [5, 5.41) is 11.1. The predicted molar refractivity (Wildman–Crippen MR) is 63.7 cm³/mol. The lowest BCUT2D eigenvalue weighted by Crippen LogP contribution is -2.26. The minimum atomic E-state index is -2.54. The van der Waals surface area contributed by atoms with Crippen LogP contribution in [0.4, 0.5) is 0 Å². The van der Waals surface area contributed by atoms with Gasteiger partial charge in [-0.2, -0.15) is 0 Å². The molecule has 1 aromatic carbocycles. The van der Waals surface area contributed by atoms with Crippen LogP contribution in [0.25, 0.3) is 0 Å². The summed E-state index contributed by atoms with van der Waals surface area (Å²) >= 11 is 1.77. The Bertz CT molecular complexity index is 436. The zero-order chi connectivity index (χ0) is 14.0. The second kappa shape index (κ2) is 5.85. The van der Waals surface area contributed by atoms with Gasteiger partial charge in [-0.15, -0.1) is 0 Å². The first-order valence-corrected chi connectivity index (χ1v) is 5.40. The third kappa shape index (κ3) is 3.95. The van der Waals surface area contributed by atoms with Crippen molar-refractivity contribution >= 4 is 28.5 Å². The molecule has 14 heavy (non-hydrogen) atoms. The lowest BCUT2D eigenvalue weighted by Gasteiger charge is -2.03. The fourth-order valence-electron chi connectivity index (χ4n) is 0.751. The second-order valence-corrected chi connectivity index (χ2v) is 3.24. The Balaban J connectivity index is 3.03. The number of nitrogens with one attached hydrogen (secondary N) is 1. The van der Waals surface area contributed by atoms with Crippen LogP contribution in [0.2, 0.25) is 0 Å². The number of carbonyl (C=O) groups excluding carboxylic acids is 1. The van der Waals surface area contributed by atoms with Crippen molar-refractivity contribution in [2.24, 2.45) is 0 Å². The molecule has 0 aliphatic heterocycles. The van der Waals surface area contributed by atoms with Gasteiger partial charge in [0.05, 0.1) is 4.43 Å². The van der Waals surface area contributed by atoms with Gasteiger partial charge in [-0.3, -0.25) is 4.79 Å². The number of aromatic hydroxyl groups is 1. The van der Waals surface area contributed by atoms with Crippen molar-refractivity contribution in [3.63, 3.8) is 0 Å². The maximum atomic E-state index is 11.2. The van der Waals surface area contributed by atoms with Crippen LogP contribution in [0.3, 0.4) is 0 Å². The van der Waals surface area contributed by atoms with Gasteiger partial charge in [0.1, 0.15) is 5.75 Å². The summed E-state index contributed by atoms with van der Waals surface area (Å²) in [7, 11) is 0. The highest BCUT2D eigenvalue weighted by atomic mass is 127. The molecule has 0 aliphatic rings. The number of phenols is 1. The standard InChI is InChI=1S/C10H12INO2/c11-7-10(14)12-6-5-8-1-3-9(13)4-2-8/h1-4,13H,5-7H2,(H,12,14)/i5D2,6D2. The van der Waals surface area contributed by atoms with Gasteiger partial charge >= 0.3 is 0 Å². The summed E-state index contributed by atoms with van der Waals surface area (Å²) in [6, 6.07) is 5.10. The molecule has 4 heteroatoms. The molecule has 0 aromatic heterocycles. The normalized spacial score (nSPS) is 16.1. The monoisotopic (exact) mass is 309 g/mol. The third-order valence-electron chi connectivity index (χ3n) is 1.40. The van der Waals surface area contributed by atoms with Gasteiger partial charge in [-0.25, -0.2) is 0 Å². The molecule has 0 saturated carbocycles. The number of benzene rings is 1. The number of rotatable bonds is 4. The molecule has 0 atom stereocenters. The molecule has 1 aromatic rings. The number of aryl methyl sites for hydroxylation is 1.